The van der Waals surface area contributed by atoms with E-state index in [1.165, 1.54) is 32.0 Å². The van der Waals surface area contributed by atoms with Crippen LogP contribution >= 0.6 is 0 Å². The van der Waals surface area contributed by atoms with E-state index in [0.717, 1.165) is 24.6 Å². The zero-order chi connectivity index (χ0) is 17.4. The number of hydrogen-bond donors (Lipinski definition) is 1. The Hall–Kier alpha value is -1.73. The molecule has 3 heterocycles. The highest BCUT2D eigenvalue weighted by molar-refractivity contribution is 5.78. The first-order chi connectivity index (χ1) is 12.1. The highest BCUT2D eigenvalue weighted by Gasteiger charge is 2.58. The first-order valence-corrected chi connectivity index (χ1v) is 9.14. The molecule has 136 valence electrons. The van der Waals surface area contributed by atoms with E-state index in [0.29, 0.717) is 25.7 Å². The van der Waals surface area contributed by atoms with Gasteiger partial charge in [-0.1, -0.05) is 12.8 Å². The van der Waals surface area contributed by atoms with Crippen LogP contribution in [0.5, 0.6) is 0 Å². The summed E-state index contributed by atoms with van der Waals surface area (Å²) in [6.07, 6.45) is 6.54. The zero-order valence-electron chi connectivity index (χ0n) is 14.7. The molecule has 3 aliphatic rings. The van der Waals surface area contributed by atoms with Crippen LogP contribution in [-0.4, -0.2) is 65.3 Å². The lowest BCUT2D eigenvalue weighted by atomic mass is 9.81. The number of hydrogen-bond acceptors (Lipinski definition) is 6. The van der Waals surface area contributed by atoms with Crippen LogP contribution in [0.2, 0.25) is 0 Å². The lowest BCUT2D eigenvalue weighted by molar-refractivity contribution is -0.148. The average molecular weight is 346 g/mol. The molecular formula is C18H26N4O3. The summed E-state index contributed by atoms with van der Waals surface area (Å²) in [6.45, 7) is 3.28. The molecule has 2 atom stereocenters. The van der Waals surface area contributed by atoms with E-state index in [1.54, 1.807) is 7.11 Å². The van der Waals surface area contributed by atoms with Crippen molar-refractivity contribution in [1.29, 1.82) is 0 Å². The van der Waals surface area contributed by atoms with E-state index in [9.17, 15) is 9.90 Å². The highest BCUT2D eigenvalue weighted by atomic mass is 16.5. The SMILES string of the molecule is COCc1cc(N2C[C@@H]3CN(C4CCCC4)C[C@]3(C(=O)O)C2)ncn1. The molecule has 25 heavy (non-hydrogen) atoms. The molecule has 2 aliphatic heterocycles. The molecule has 1 aromatic rings. The maximum atomic E-state index is 12.2. The molecule has 0 radical (unpaired) electrons. The summed E-state index contributed by atoms with van der Waals surface area (Å²) >= 11 is 0. The van der Waals surface area contributed by atoms with Gasteiger partial charge >= 0.3 is 5.97 Å². The number of fused-ring (bicyclic) bond motifs is 1. The van der Waals surface area contributed by atoms with Crippen molar-refractivity contribution in [2.45, 2.75) is 38.3 Å². The van der Waals surface area contributed by atoms with Crippen LogP contribution in [0.4, 0.5) is 5.82 Å². The minimum atomic E-state index is -0.672. The lowest BCUT2D eigenvalue weighted by Gasteiger charge is -2.29. The van der Waals surface area contributed by atoms with Gasteiger partial charge in [-0.2, -0.15) is 0 Å². The van der Waals surface area contributed by atoms with Crippen LogP contribution in [0.3, 0.4) is 0 Å². The third kappa shape index (κ3) is 2.89. The molecule has 7 nitrogen and oxygen atoms in total. The average Bonchev–Trinajstić information content (AvgIpc) is 3.29. The van der Waals surface area contributed by atoms with Crippen LogP contribution < -0.4 is 4.90 Å². The van der Waals surface area contributed by atoms with Crippen LogP contribution in [0.25, 0.3) is 0 Å². The van der Waals surface area contributed by atoms with Gasteiger partial charge in [0, 0.05) is 51.3 Å². The molecule has 2 saturated heterocycles. The number of methoxy groups -OCH3 is 1. The van der Waals surface area contributed by atoms with Crippen molar-refractivity contribution in [3.8, 4) is 0 Å². The maximum absolute atomic E-state index is 12.2. The largest absolute Gasteiger partial charge is 0.481 e. The quantitative estimate of drug-likeness (QED) is 0.863. The first kappa shape index (κ1) is 16.7. The standard InChI is InChI=1S/C18H26N4O3/c1-25-9-14-6-16(20-12-19-14)22-8-13-7-21(15-4-2-3-5-15)10-18(13,11-22)17(23)24/h6,12-13,15H,2-5,7-11H2,1H3,(H,23,24)/t13-,18-/m0/s1. The molecule has 0 aromatic carbocycles. The number of carboxylic acid groups (broad SMARTS) is 1. The Morgan fingerprint density at radius 3 is 2.80 bits per heavy atom. The summed E-state index contributed by atoms with van der Waals surface area (Å²) in [5.41, 5.74) is 0.149. The van der Waals surface area contributed by atoms with Gasteiger partial charge in [-0.3, -0.25) is 9.69 Å². The molecule has 0 spiro atoms. The van der Waals surface area contributed by atoms with Gasteiger partial charge in [-0.05, 0) is 12.8 Å². The number of aromatic nitrogens is 2. The van der Waals surface area contributed by atoms with Gasteiger partial charge in [0.2, 0.25) is 0 Å². The molecule has 0 amide bonds. The normalized spacial score (nSPS) is 30.1. The van der Waals surface area contributed by atoms with Crippen molar-refractivity contribution in [2.24, 2.45) is 11.3 Å². The van der Waals surface area contributed by atoms with Gasteiger partial charge in [0.15, 0.2) is 0 Å². The van der Waals surface area contributed by atoms with E-state index in [2.05, 4.69) is 19.8 Å². The molecule has 7 heteroatoms. The van der Waals surface area contributed by atoms with E-state index in [4.69, 9.17) is 4.74 Å². The van der Waals surface area contributed by atoms with Gasteiger partial charge in [0.05, 0.1) is 12.3 Å². The van der Waals surface area contributed by atoms with Gasteiger partial charge in [0.25, 0.3) is 0 Å². The molecule has 3 fully saturated rings. The second-order valence-electron chi connectivity index (χ2n) is 7.71. The van der Waals surface area contributed by atoms with Crippen LogP contribution in [0.15, 0.2) is 12.4 Å². The molecule has 0 bridgehead atoms. The minimum Gasteiger partial charge on any atom is -0.481 e. The second-order valence-corrected chi connectivity index (χ2v) is 7.71. The number of aliphatic carboxylic acids is 1. The molecule has 4 rings (SSSR count). The Kier molecular flexibility index (Phi) is 4.37. The van der Waals surface area contributed by atoms with Crippen LogP contribution in [0.1, 0.15) is 31.4 Å². The third-order valence-corrected chi connectivity index (χ3v) is 6.23. The molecule has 1 aliphatic carbocycles. The number of anilines is 1. The number of carbonyl (C=O) groups is 1. The van der Waals surface area contributed by atoms with Crippen molar-refractivity contribution in [1.82, 2.24) is 14.9 Å². The number of nitrogens with zero attached hydrogens (tertiary/aromatic N) is 4. The first-order valence-electron chi connectivity index (χ1n) is 9.14. The zero-order valence-corrected chi connectivity index (χ0v) is 14.7. The smallest absolute Gasteiger partial charge is 0.313 e. The Morgan fingerprint density at radius 2 is 2.12 bits per heavy atom. The molecule has 0 unspecified atom stereocenters. The minimum absolute atomic E-state index is 0.159. The summed E-state index contributed by atoms with van der Waals surface area (Å²) < 4.78 is 5.14. The summed E-state index contributed by atoms with van der Waals surface area (Å²) in [7, 11) is 1.64. The van der Waals surface area contributed by atoms with E-state index < -0.39 is 11.4 Å². The monoisotopic (exact) mass is 346 g/mol. The number of carboxylic acids is 1. The van der Waals surface area contributed by atoms with E-state index in [-0.39, 0.29) is 5.92 Å². The summed E-state index contributed by atoms with van der Waals surface area (Å²) in [4.78, 5) is 25.3. The van der Waals surface area contributed by atoms with E-state index in [1.807, 2.05) is 6.07 Å². The maximum Gasteiger partial charge on any atom is 0.313 e. The fraction of sp³-hybridized carbons (Fsp3) is 0.722. The van der Waals surface area contributed by atoms with Crippen LogP contribution in [-0.2, 0) is 16.1 Å². The van der Waals surface area contributed by atoms with Crippen molar-refractivity contribution in [3.05, 3.63) is 18.1 Å². The Bertz CT molecular complexity index is 649. The van der Waals surface area contributed by atoms with Crippen molar-refractivity contribution in [3.63, 3.8) is 0 Å². The van der Waals surface area contributed by atoms with Gasteiger partial charge in [-0.15, -0.1) is 0 Å². The van der Waals surface area contributed by atoms with Gasteiger partial charge in [0.1, 0.15) is 17.6 Å². The predicted molar refractivity (Wildman–Crippen MR) is 92.3 cm³/mol. The highest BCUT2D eigenvalue weighted by Crippen LogP contribution is 2.45. The number of ether oxygens (including phenoxy) is 1. The number of likely N-dealkylation sites (tertiary alicyclic amines) is 1. The summed E-state index contributed by atoms with van der Waals surface area (Å²) in [5.74, 6) is 0.308. The van der Waals surface area contributed by atoms with Gasteiger partial charge in [-0.25, -0.2) is 9.97 Å². The Labute approximate surface area is 148 Å². The summed E-state index contributed by atoms with van der Waals surface area (Å²) in [5, 5.41) is 10.0. The van der Waals surface area contributed by atoms with Crippen molar-refractivity contribution < 1.29 is 14.6 Å². The molecule has 1 aromatic heterocycles. The van der Waals surface area contributed by atoms with Crippen LogP contribution in [0, 0.1) is 11.3 Å². The Balaban J connectivity index is 1.53. The topological polar surface area (TPSA) is 78.8 Å². The van der Waals surface area contributed by atoms with Crippen molar-refractivity contribution in [2.75, 3.05) is 38.2 Å². The second kappa shape index (κ2) is 6.53. The lowest BCUT2D eigenvalue weighted by Crippen LogP contribution is -2.42. The van der Waals surface area contributed by atoms with E-state index >= 15 is 0 Å². The van der Waals surface area contributed by atoms with Gasteiger partial charge < -0.3 is 14.7 Å². The number of rotatable bonds is 5. The molecule has 1 saturated carbocycles. The summed E-state index contributed by atoms with van der Waals surface area (Å²) in [6, 6.07) is 2.50. The Morgan fingerprint density at radius 1 is 1.32 bits per heavy atom. The fourth-order valence-electron chi connectivity index (χ4n) is 4.91. The third-order valence-electron chi connectivity index (χ3n) is 6.23. The fourth-order valence-corrected chi connectivity index (χ4v) is 4.91. The predicted octanol–water partition coefficient (Wildman–Crippen LogP) is 1.39. The van der Waals surface area contributed by atoms with Crippen molar-refractivity contribution >= 4 is 11.8 Å². The molecule has 1 N–H and O–H groups in total. The molecular weight excluding hydrogens is 320 g/mol.